The van der Waals surface area contributed by atoms with E-state index in [-0.39, 0.29) is 17.9 Å². The van der Waals surface area contributed by atoms with Gasteiger partial charge in [-0.2, -0.15) is 0 Å². The zero-order valence-electron chi connectivity index (χ0n) is 19.4. The number of hydrogen-bond donors (Lipinski definition) is 0. The summed E-state index contributed by atoms with van der Waals surface area (Å²) in [5, 5.41) is 0. The molecule has 1 rings (SSSR count). The van der Waals surface area contributed by atoms with Crippen LogP contribution in [0.3, 0.4) is 0 Å². The molecule has 30 heavy (non-hydrogen) atoms. The van der Waals surface area contributed by atoms with E-state index in [1.54, 1.807) is 24.3 Å². The average Bonchev–Trinajstić information content (AvgIpc) is 2.74. The molecule has 1 unspecified atom stereocenters. The van der Waals surface area contributed by atoms with Gasteiger partial charge in [0, 0.05) is 6.42 Å². The van der Waals surface area contributed by atoms with E-state index >= 15 is 0 Å². The van der Waals surface area contributed by atoms with Crippen LogP contribution >= 0.6 is 0 Å². The summed E-state index contributed by atoms with van der Waals surface area (Å²) in [6, 6.07) is 6.97. The van der Waals surface area contributed by atoms with E-state index in [9.17, 15) is 9.59 Å². The van der Waals surface area contributed by atoms with Gasteiger partial charge in [0.15, 0.2) is 11.5 Å². The van der Waals surface area contributed by atoms with Gasteiger partial charge in [0.2, 0.25) is 0 Å². The van der Waals surface area contributed by atoms with Crippen LogP contribution in [0.5, 0.6) is 11.5 Å². The molecule has 0 saturated carbocycles. The predicted molar refractivity (Wildman–Crippen MR) is 123 cm³/mol. The van der Waals surface area contributed by atoms with Gasteiger partial charge in [-0.05, 0) is 31.4 Å². The minimum absolute atomic E-state index is 0.0982. The Hall–Kier alpha value is -1.84. The Morgan fingerprint density at radius 1 is 0.700 bits per heavy atom. The molecule has 1 aromatic carbocycles. The topological polar surface area (TPSA) is 52.6 Å². The van der Waals surface area contributed by atoms with Crippen LogP contribution < -0.4 is 9.47 Å². The molecule has 0 aliphatic carbocycles. The smallest absolute Gasteiger partial charge is 0.314 e. The maximum absolute atomic E-state index is 12.8. The van der Waals surface area contributed by atoms with Crippen molar-refractivity contribution in [2.24, 2.45) is 5.92 Å². The SMILES string of the molecule is CCCCCCCCC(CCC)C(=O)Oc1ccccc1OC(=O)CCCCCC. The summed E-state index contributed by atoms with van der Waals surface area (Å²) in [7, 11) is 0. The van der Waals surface area contributed by atoms with Crippen molar-refractivity contribution in [2.75, 3.05) is 0 Å². The third-order valence-corrected chi connectivity index (χ3v) is 5.39. The van der Waals surface area contributed by atoms with Crippen LogP contribution in [-0.4, -0.2) is 11.9 Å². The van der Waals surface area contributed by atoms with Gasteiger partial charge >= 0.3 is 11.9 Å². The average molecular weight is 419 g/mol. The monoisotopic (exact) mass is 418 g/mol. The molecule has 0 N–H and O–H groups in total. The zero-order chi connectivity index (χ0) is 22.0. The number of carbonyl (C=O) groups excluding carboxylic acids is 2. The first kappa shape index (κ1) is 26.2. The lowest BCUT2D eigenvalue weighted by atomic mass is 9.96. The fraction of sp³-hybridized carbons (Fsp3) is 0.692. The Balaban J connectivity index is 2.57. The molecule has 0 bridgehead atoms. The predicted octanol–water partition coefficient (Wildman–Crippen LogP) is 7.63. The van der Waals surface area contributed by atoms with Gasteiger partial charge < -0.3 is 9.47 Å². The highest BCUT2D eigenvalue weighted by Gasteiger charge is 2.21. The van der Waals surface area contributed by atoms with Crippen molar-refractivity contribution in [3.8, 4) is 11.5 Å². The molecule has 0 saturated heterocycles. The van der Waals surface area contributed by atoms with E-state index in [0.29, 0.717) is 17.9 Å². The van der Waals surface area contributed by atoms with Crippen molar-refractivity contribution >= 4 is 11.9 Å². The van der Waals surface area contributed by atoms with Crippen LogP contribution in [0.25, 0.3) is 0 Å². The maximum atomic E-state index is 12.8. The minimum Gasteiger partial charge on any atom is -0.423 e. The Bertz CT molecular complexity index is 596. The lowest BCUT2D eigenvalue weighted by molar-refractivity contribution is -0.140. The molecular weight excluding hydrogens is 376 g/mol. The van der Waals surface area contributed by atoms with Crippen LogP contribution in [0.15, 0.2) is 24.3 Å². The molecule has 0 aliphatic heterocycles. The Morgan fingerprint density at radius 3 is 1.90 bits per heavy atom. The summed E-state index contributed by atoms with van der Waals surface area (Å²) in [5.74, 6) is 0.0947. The fourth-order valence-electron chi connectivity index (χ4n) is 3.58. The van der Waals surface area contributed by atoms with E-state index in [1.807, 2.05) is 0 Å². The summed E-state index contributed by atoms with van der Waals surface area (Å²) >= 11 is 0. The van der Waals surface area contributed by atoms with Gasteiger partial charge in [-0.25, -0.2) is 0 Å². The van der Waals surface area contributed by atoms with E-state index in [4.69, 9.17) is 9.47 Å². The molecule has 0 heterocycles. The number of ether oxygens (including phenoxy) is 2. The number of para-hydroxylation sites is 2. The van der Waals surface area contributed by atoms with Crippen LogP contribution in [-0.2, 0) is 9.59 Å². The van der Waals surface area contributed by atoms with Gasteiger partial charge in [-0.3, -0.25) is 9.59 Å². The Kier molecular flexibility index (Phi) is 14.8. The molecule has 4 heteroatoms. The van der Waals surface area contributed by atoms with Crippen LogP contribution in [0, 0.1) is 5.92 Å². The fourth-order valence-corrected chi connectivity index (χ4v) is 3.58. The lowest BCUT2D eigenvalue weighted by Crippen LogP contribution is -2.21. The maximum Gasteiger partial charge on any atom is 0.314 e. The van der Waals surface area contributed by atoms with Crippen molar-refractivity contribution in [1.29, 1.82) is 0 Å². The molecule has 1 aromatic rings. The van der Waals surface area contributed by atoms with Crippen molar-refractivity contribution < 1.29 is 19.1 Å². The number of benzene rings is 1. The second kappa shape index (κ2) is 16.9. The van der Waals surface area contributed by atoms with Crippen LogP contribution in [0.2, 0.25) is 0 Å². The number of unbranched alkanes of at least 4 members (excludes halogenated alkanes) is 8. The van der Waals surface area contributed by atoms with Crippen molar-refractivity contribution in [2.45, 2.75) is 111 Å². The first-order valence-corrected chi connectivity index (χ1v) is 12.1. The van der Waals surface area contributed by atoms with Crippen LogP contribution in [0.1, 0.15) is 111 Å². The number of carbonyl (C=O) groups is 2. The second-order valence-electron chi connectivity index (χ2n) is 8.19. The summed E-state index contributed by atoms with van der Waals surface area (Å²) < 4.78 is 11.2. The largest absolute Gasteiger partial charge is 0.423 e. The van der Waals surface area contributed by atoms with Crippen molar-refractivity contribution in [3.63, 3.8) is 0 Å². The van der Waals surface area contributed by atoms with E-state index < -0.39 is 0 Å². The van der Waals surface area contributed by atoms with Gasteiger partial charge in [-0.15, -0.1) is 0 Å². The number of rotatable bonds is 17. The Labute approximate surface area is 183 Å². The molecule has 0 aliphatic rings. The molecule has 0 amide bonds. The van der Waals surface area contributed by atoms with Gasteiger partial charge in [0.1, 0.15) is 0 Å². The first-order chi connectivity index (χ1) is 14.6. The molecule has 0 aromatic heterocycles. The summed E-state index contributed by atoms with van der Waals surface area (Å²) in [4.78, 5) is 24.9. The van der Waals surface area contributed by atoms with Gasteiger partial charge in [0.05, 0.1) is 5.92 Å². The number of hydrogen-bond acceptors (Lipinski definition) is 4. The molecule has 4 nitrogen and oxygen atoms in total. The summed E-state index contributed by atoms with van der Waals surface area (Å²) in [6.45, 7) is 6.45. The summed E-state index contributed by atoms with van der Waals surface area (Å²) in [6.07, 6.45) is 14.4. The molecule has 0 radical (unpaired) electrons. The minimum atomic E-state index is -0.271. The molecule has 0 spiro atoms. The highest BCUT2D eigenvalue weighted by molar-refractivity contribution is 5.77. The highest BCUT2D eigenvalue weighted by Crippen LogP contribution is 2.29. The molecular formula is C26H42O4. The number of esters is 2. The highest BCUT2D eigenvalue weighted by atomic mass is 16.6. The third-order valence-electron chi connectivity index (χ3n) is 5.39. The van der Waals surface area contributed by atoms with Crippen molar-refractivity contribution in [1.82, 2.24) is 0 Å². The lowest BCUT2D eigenvalue weighted by Gasteiger charge is -2.16. The third kappa shape index (κ3) is 11.4. The zero-order valence-corrected chi connectivity index (χ0v) is 19.4. The Morgan fingerprint density at radius 2 is 1.27 bits per heavy atom. The molecule has 1 atom stereocenters. The van der Waals surface area contributed by atoms with Crippen molar-refractivity contribution in [3.05, 3.63) is 24.3 Å². The quantitative estimate of drug-likeness (QED) is 0.148. The molecule has 170 valence electrons. The summed E-state index contributed by atoms with van der Waals surface area (Å²) in [5.41, 5.74) is 0. The van der Waals surface area contributed by atoms with E-state index in [1.165, 1.54) is 32.1 Å². The normalized spacial score (nSPS) is 11.8. The first-order valence-electron chi connectivity index (χ1n) is 12.1. The van der Waals surface area contributed by atoms with E-state index in [0.717, 1.165) is 51.4 Å². The molecule has 0 fully saturated rings. The standard InChI is InChI=1S/C26H42O4/c1-4-7-9-11-12-13-18-22(17-6-3)26(28)30-24-20-16-15-19-23(24)29-25(27)21-14-10-8-5-2/h15-16,19-20,22H,4-14,17-18,21H2,1-3H3. The van der Waals surface area contributed by atoms with Gasteiger partial charge in [-0.1, -0.05) is 97.1 Å². The second-order valence-corrected chi connectivity index (χ2v) is 8.19. The van der Waals surface area contributed by atoms with Gasteiger partial charge in [0.25, 0.3) is 0 Å². The van der Waals surface area contributed by atoms with E-state index in [2.05, 4.69) is 20.8 Å². The van der Waals surface area contributed by atoms with Crippen LogP contribution in [0.4, 0.5) is 0 Å².